The number of sulfone groups is 1. The number of anilines is 1. The molecule has 0 spiro atoms. The van der Waals surface area contributed by atoms with Crippen molar-refractivity contribution in [2.75, 3.05) is 18.1 Å². The van der Waals surface area contributed by atoms with Crippen molar-refractivity contribution in [3.05, 3.63) is 60.2 Å². The quantitative estimate of drug-likeness (QED) is 0.446. The fourth-order valence-corrected chi connectivity index (χ4v) is 6.46. The second-order valence-electron chi connectivity index (χ2n) is 10.1. The van der Waals surface area contributed by atoms with E-state index in [4.69, 9.17) is 0 Å². The zero-order chi connectivity index (χ0) is 28.1. The van der Waals surface area contributed by atoms with Crippen LogP contribution in [-0.4, -0.2) is 56.1 Å². The van der Waals surface area contributed by atoms with Gasteiger partial charge < -0.3 is 15.5 Å². The van der Waals surface area contributed by atoms with Gasteiger partial charge in [0.25, 0.3) is 0 Å². The molecule has 2 N–H and O–H groups in total. The van der Waals surface area contributed by atoms with Gasteiger partial charge in [0.1, 0.15) is 6.42 Å². The van der Waals surface area contributed by atoms with Crippen molar-refractivity contribution in [1.29, 1.82) is 0 Å². The molecule has 3 rings (SSSR count). The van der Waals surface area contributed by atoms with Crippen molar-refractivity contribution < 1.29 is 31.2 Å². The number of nitrogens with zero attached hydrogens (tertiary/aromatic N) is 1. The highest BCUT2D eigenvalue weighted by molar-refractivity contribution is 7.91. The summed E-state index contributed by atoms with van der Waals surface area (Å²) in [5.41, 5.74) is -0.705. The third-order valence-electron chi connectivity index (χ3n) is 7.04. The van der Waals surface area contributed by atoms with Crippen LogP contribution >= 0.6 is 0 Å². The lowest BCUT2D eigenvalue weighted by molar-refractivity contribution is -0.137. The minimum Gasteiger partial charge on any atom is -0.353 e. The molecule has 1 fully saturated rings. The Labute approximate surface area is 221 Å². The average Bonchev–Trinajstić information content (AvgIpc) is 2.84. The van der Waals surface area contributed by atoms with Gasteiger partial charge in [0.15, 0.2) is 9.84 Å². The van der Waals surface area contributed by atoms with Crippen LogP contribution in [-0.2, 0) is 25.6 Å². The first kappa shape index (κ1) is 29.6. The molecule has 0 heterocycles. The lowest BCUT2D eigenvalue weighted by Crippen LogP contribution is -2.51. The SMILES string of the molecule is CC(C)N(C)[C@@H]1CC[C@H](NC(=O)CC(=O)Nc2ccc(C(F)(F)F)cc2)[C@H](CS(=O)(=O)c2ccccc2)C1. The summed E-state index contributed by atoms with van der Waals surface area (Å²) < 4.78 is 64.5. The molecule has 3 atom stereocenters. The molecule has 11 heteroatoms. The molecule has 0 saturated heterocycles. The van der Waals surface area contributed by atoms with Gasteiger partial charge in [-0.2, -0.15) is 13.2 Å². The lowest BCUT2D eigenvalue weighted by atomic mass is 9.81. The molecule has 0 aromatic heterocycles. The van der Waals surface area contributed by atoms with Crippen LogP contribution in [0, 0.1) is 5.92 Å². The van der Waals surface area contributed by atoms with Crippen LogP contribution in [0.2, 0.25) is 0 Å². The van der Waals surface area contributed by atoms with Crippen LogP contribution in [0.15, 0.2) is 59.5 Å². The van der Waals surface area contributed by atoms with Crippen LogP contribution in [0.3, 0.4) is 0 Å². The minimum absolute atomic E-state index is 0.137. The van der Waals surface area contributed by atoms with Crippen molar-refractivity contribution in [2.24, 2.45) is 5.92 Å². The summed E-state index contributed by atoms with van der Waals surface area (Å²) in [5, 5.41) is 5.27. The highest BCUT2D eigenvalue weighted by atomic mass is 32.2. The second-order valence-corrected chi connectivity index (χ2v) is 12.1. The van der Waals surface area contributed by atoms with Gasteiger partial charge in [0, 0.05) is 23.8 Å². The number of benzene rings is 2. The summed E-state index contributed by atoms with van der Waals surface area (Å²) >= 11 is 0. The third-order valence-corrected chi connectivity index (χ3v) is 8.90. The highest BCUT2D eigenvalue weighted by Gasteiger charge is 2.37. The van der Waals surface area contributed by atoms with E-state index in [1.165, 1.54) is 0 Å². The van der Waals surface area contributed by atoms with Crippen LogP contribution in [0.5, 0.6) is 0 Å². The number of rotatable bonds is 9. The largest absolute Gasteiger partial charge is 0.416 e. The summed E-state index contributed by atoms with van der Waals surface area (Å²) in [6, 6.07) is 12.1. The molecule has 208 valence electrons. The van der Waals surface area contributed by atoms with E-state index in [-0.39, 0.29) is 34.3 Å². The van der Waals surface area contributed by atoms with E-state index in [0.717, 1.165) is 30.7 Å². The Morgan fingerprint density at radius 1 is 1.00 bits per heavy atom. The first-order valence-corrected chi connectivity index (χ1v) is 14.2. The Morgan fingerprint density at radius 3 is 2.21 bits per heavy atom. The van der Waals surface area contributed by atoms with Crippen molar-refractivity contribution in [3.63, 3.8) is 0 Å². The Kier molecular flexibility index (Phi) is 9.59. The maximum atomic E-state index is 13.1. The number of halogens is 3. The molecule has 0 radical (unpaired) electrons. The smallest absolute Gasteiger partial charge is 0.353 e. The van der Waals surface area contributed by atoms with Crippen molar-refractivity contribution >= 4 is 27.3 Å². The molecule has 1 aliphatic carbocycles. The summed E-state index contributed by atoms with van der Waals surface area (Å²) in [6.07, 6.45) is -3.13. The first-order chi connectivity index (χ1) is 17.8. The maximum absolute atomic E-state index is 13.1. The molecule has 7 nitrogen and oxygen atoms in total. The van der Waals surface area contributed by atoms with Crippen LogP contribution in [0.4, 0.5) is 18.9 Å². The standard InChI is InChI=1S/C27H34F3N3O4S/c1-18(2)33(3)22-13-14-24(19(15-22)17-38(36,37)23-7-5-4-6-8-23)32-26(35)16-25(34)31-21-11-9-20(10-12-21)27(28,29)30/h4-12,18-19,22,24H,13-17H2,1-3H3,(H,31,34)(H,32,35)/t19-,22+,24-/m0/s1. The number of hydrogen-bond donors (Lipinski definition) is 2. The van der Waals surface area contributed by atoms with Gasteiger partial charge in [-0.25, -0.2) is 8.42 Å². The van der Waals surface area contributed by atoms with Crippen molar-refractivity contribution in [2.45, 2.75) is 68.7 Å². The minimum atomic E-state index is -4.49. The second kappa shape index (κ2) is 12.3. The Morgan fingerprint density at radius 2 is 1.63 bits per heavy atom. The van der Waals surface area contributed by atoms with Crippen molar-refractivity contribution in [1.82, 2.24) is 10.2 Å². The normalized spacial score (nSPS) is 20.4. The molecule has 2 aromatic rings. The van der Waals surface area contributed by atoms with Gasteiger partial charge in [-0.15, -0.1) is 0 Å². The summed E-state index contributed by atoms with van der Waals surface area (Å²) in [5.74, 6) is -1.74. The Balaban J connectivity index is 1.66. The summed E-state index contributed by atoms with van der Waals surface area (Å²) in [7, 11) is -1.60. The van der Waals surface area contributed by atoms with Crippen LogP contribution < -0.4 is 10.6 Å². The predicted molar refractivity (Wildman–Crippen MR) is 139 cm³/mol. The molecule has 2 aromatic carbocycles. The molecular weight excluding hydrogens is 519 g/mol. The van der Waals surface area contributed by atoms with Crippen LogP contribution in [0.1, 0.15) is 45.1 Å². The van der Waals surface area contributed by atoms with E-state index >= 15 is 0 Å². The van der Waals surface area contributed by atoms with Gasteiger partial charge in [0.2, 0.25) is 11.8 Å². The molecule has 1 saturated carbocycles. The van der Waals surface area contributed by atoms with Crippen LogP contribution in [0.25, 0.3) is 0 Å². The van der Waals surface area contributed by atoms with Crippen molar-refractivity contribution in [3.8, 4) is 0 Å². The first-order valence-electron chi connectivity index (χ1n) is 12.5. The molecule has 2 amide bonds. The highest BCUT2D eigenvalue weighted by Crippen LogP contribution is 2.32. The number of nitrogens with one attached hydrogen (secondary N) is 2. The average molecular weight is 554 g/mol. The molecule has 38 heavy (non-hydrogen) atoms. The molecule has 1 aliphatic rings. The number of carbonyl (C=O) groups excluding carboxylic acids is 2. The molecule has 0 aliphatic heterocycles. The molecule has 0 bridgehead atoms. The Bertz CT molecular complexity index is 1200. The number of hydrogen-bond acceptors (Lipinski definition) is 5. The van der Waals surface area contributed by atoms with E-state index in [1.807, 2.05) is 7.05 Å². The number of amides is 2. The zero-order valence-electron chi connectivity index (χ0n) is 21.7. The van der Waals surface area contributed by atoms with E-state index in [1.54, 1.807) is 30.3 Å². The number of carbonyl (C=O) groups is 2. The predicted octanol–water partition coefficient (Wildman–Crippen LogP) is 4.50. The van der Waals surface area contributed by atoms with Gasteiger partial charge >= 0.3 is 6.18 Å². The van der Waals surface area contributed by atoms with Gasteiger partial charge in [0.05, 0.1) is 16.2 Å². The topological polar surface area (TPSA) is 95.6 Å². The summed E-state index contributed by atoms with van der Waals surface area (Å²) in [4.78, 5) is 27.5. The van der Waals surface area contributed by atoms with E-state index in [0.29, 0.717) is 12.8 Å². The van der Waals surface area contributed by atoms with Gasteiger partial charge in [-0.05, 0) is 82.5 Å². The summed E-state index contributed by atoms with van der Waals surface area (Å²) in [6.45, 7) is 4.14. The molecule has 0 unspecified atom stereocenters. The fraction of sp³-hybridized carbons (Fsp3) is 0.481. The zero-order valence-corrected chi connectivity index (χ0v) is 22.5. The number of alkyl halides is 3. The Hall–Kier alpha value is -2.92. The van der Waals surface area contributed by atoms with E-state index in [2.05, 4.69) is 29.4 Å². The maximum Gasteiger partial charge on any atom is 0.416 e. The van der Waals surface area contributed by atoms with Gasteiger partial charge in [-0.1, -0.05) is 18.2 Å². The third kappa shape index (κ3) is 8.04. The monoisotopic (exact) mass is 553 g/mol. The van der Waals surface area contributed by atoms with E-state index in [9.17, 15) is 31.2 Å². The fourth-order valence-electron chi connectivity index (χ4n) is 4.76. The lowest BCUT2D eigenvalue weighted by Gasteiger charge is -2.41. The molecular formula is C27H34F3N3O4S. The van der Waals surface area contributed by atoms with E-state index < -0.39 is 45.9 Å². The van der Waals surface area contributed by atoms with Gasteiger partial charge in [-0.3, -0.25) is 9.59 Å².